The first kappa shape index (κ1) is 106. The fraction of sp³-hybridized carbons (Fsp3) is 0.955. The zero-order valence-electron chi connectivity index (χ0n) is 71.5. The Morgan fingerprint density at radius 1 is 0.259 bits per heavy atom. The van der Waals surface area contributed by atoms with Crippen molar-refractivity contribution in [3.63, 3.8) is 0 Å². The van der Waals surface area contributed by atoms with Gasteiger partial charge in [-0.25, -0.2) is 9.13 Å². The summed E-state index contributed by atoms with van der Waals surface area (Å²) in [7, 11) is -9.94. The molecule has 0 saturated heterocycles. The molecule has 108 heavy (non-hydrogen) atoms. The van der Waals surface area contributed by atoms with E-state index in [0.29, 0.717) is 25.7 Å². The van der Waals surface area contributed by atoms with Gasteiger partial charge in [-0.1, -0.05) is 415 Å². The van der Waals surface area contributed by atoms with E-state index in [-0.39, 0.29) is 25.7 Å². The molecule has 0 aliphatic heterocycles. The molecule has 0 amide bonds. The highest BCUT2D eigenvalue weighted by atomic mass is 31.2. The van der Waals surface area contributed by atoms with Gasteiger partial charge in [-0.05, 0) is 49.4 Å². The van der Waals surface area contributed by atoms with Crippen molar-refractivity contribution in [1.82, 2.24) is 0 Å². The van der Waals surface area contributed by atoms with Gasteiger partial charge >= 0.3 is 39.5 Å². The molecule has 17 nitrogen and oxygen atoms in total. The molecule has 0 radical (unpaired) electrons. The van der Waals surface area contributed by atoms with Gasteiger partial charge in [-0.3, -0.25) is 37.3 Å². The predicted molar refractivity (Wildman–Crippen MR) is 446 cm³/mol. The summed E-state index contributed by atoms with van der Waals surface area (Å²) in [5.74, 6) is 1.18. The highest BCUT2D eigenvalue weighted by Crippen LogP contribution is 2.45. The van der Waals surface area contributed by atoms with Crippen molar-refractivity contribution in [3.05, 3.63) is 0 Å². The van der Waals surface area contributed by atoms with E-state index in [4.69, 9.17) is 37.0 Å². The summed E-state index contributed by atoms with van der Waals surface area (Å²) < 4.78 is 69.0. The van der Waals surface area contributed by atoms with Crippen molar-refractivity contribution in [2.75, 3.05) is 39.6 Å². The molecule has 0 rings (SSSR count). The van der Waals surface area contributed by atoms with Crippen LogP contribution in [-0.2, 0) is 65.4 Å². The highest BCUT2D eigenvalue weighted by Gasteiger charge is 2.31. The number of aliphatic hydroxyl groups excluding tert-OH is 1. The number of phosphoric acid groups is 2. The van der Waals surface area contributed by atoms with Crippen LogP contribution < -0.4 is 0 Å². The topological polar surface area (TPSA) is 237 Å². The second-order valence-corrected chi connectivity index (χ2v) is 36.1. The average molecular weight is 1580 g/mol. The van der Waals surface area contributed by atoms with Crippen molar-refractivity contribution in [3.8, 4) is 0 Å². The van der Waals surface area contributed by atoms with Crippen LogP contribution >= 0.6 is 15.6 Å². The Morgan fingerprint density at radius 3 is 0.657 bits per heavy atom. The maximum atomic E-state index is 13.2. The Balaban J connectivity index is 5.26. The molecule has 0 spiro atoms. The molecule has 8 atom stereocenters. The number of hydrogen-bond acceptors (Lipinski definition) is 15. The van der Waals surface area contributed by atoms with Crippen LogP contribution in [-0.4, -0.2) is 96.7 Å². The standard InChI is InChI=1S/C89H174O17P2/c1-9-80(6)66-58-50-42-34-28-22-16-14-12-13-15-17-25-31-37-47-55-63-71-88(93)105-84(75-99-86(91)69-61-53-45-36-30-24-19-18-23-29-35-43-51-59-67-81(7)10-2)77-103-107(95,96)101-73-83(90)74-102-108(97,98)104-78-85(76-100-87(92)70-62-54-46-40-39-44-52-60-68-82(8)11-3)106-89(94)72-64-56-48-38-32-26-20-21-27-33-41-49-57-65-79(4)5/h79-85,90H,9-78H2,1-8H3,(H,95,96)(H,97,98)/t80?,81?,82?,83-,84-,85-/m1/s1. The molecule has 0 aromatic carbocycles. The van der Waals surface area contributed by atoms with E-state index < -0.39 is 97.5 Å². The lowest BCUT2D eigenvalue weighted by Gasteiger charge is -2.21. The summed E-state index contributed by atoms with van der Waals surface area (Å²) in [5.41, 5.74) is 0. The monoisotopic (exact) mass is 1580 g/mol. The van der Waals surface area contributed by atoms with E-state index in [0.717, 1.165) is 114 Å². The van der Waals surface area contributed by atoms with E-state index in [9.17, 15) is 43.2 Å². The van der Waals surface area contributed by atoms with Crippen molar-refractivity contribution >= 4 is 39.5 Å². The first-order chi connectivity index (χ1) is 52.2. The predicted octanol–water partition coefficient (Wildman–Crippen LogP) is 27.1. The van der Waals surface area contributed by atoms with E-state index in [1.165, 1.54) is 270 Å². The Bertz CT molecular complexity index is 2100. The van der Waals surface area contributed by atoms with Crippen LogP contribution in [0.1, 0.15) is 466 Å². The highest BCUT2D eigenvalue weighted by molar-refractivity contribution is 7.47. The van der Waals surface area contributed by atoms with Crippen molar-refractivity contribution < 1.29 is 80.2 Å². The maximum Gasteiger partial charge on any atom is 0.472 e. The first-order valence-corrected chi connectivity index (χ1v) is 48.8. The number of carbonyl (C=O) groups is 4. The molecule has 0 bridgehead atoms. The molecule has 0 aliphatic rings. The molecule has 3 N–H and O–H groups in total. The molecule has 0 aromatic rings. The van der Waals surface area contributed by atoms with Crippen LogP contribution in [0.15, 0.2) is 0 Å². The van der Waals surface area contributed by atoms with Gasteiger partial charge in [-0.15, -0.1) is 0 Å². The summed E-state index contributed by atoms with van der Waals surface area (Å²) in [5, 5.41) is 10.7. The fourth-order valence-corrected chi connectivity index (χ4v) is 15.3. The molecule has 0 aliphatic carbocycles. The third kappa shape index (κ3) is 78.0. The van der Waals surface area contributed by atoms with Gasteiger partial charge < -0.3 is 33.8 Å². The molecular weight excluding hydrogens is 1400 g/mol. The molecule has 642 valence electrons. The normalized spacial score (nSPS) is 14.6. The summed E-state index contributed by atoms with van der Waals surface area (Å²) in [6, 6.07) is 0. The van der Waals surface area contributed by atoms with Crippen molar-refractivity contribution in [2.24, 2.45) is 23.7 Å². The lowest BCUT2D eigenvalue weighted by atomic mass is 9.99. The molecule has 0 saturated carbocycles. The minimum atomic E-state index is -4.97. The molecule has 19 heteroatoms. The number of hydrogen-bond donors (Lipinski definition) is 3. The van der Waals surface area contributed by atoms with Gasteiger partial charge in [0.15, 0.2) is 12.2 Å². The van der Waals surface area contributed by atoms with Crippen molar-refractivity contribution in [1.29, 1.82) is 0 Å². The second-order valence-electron chi connectivity index (χ2n) is 33.2. The van der Waals surface area contributed by atoms with Gasteiger partial charge in [0.25, 0.3) is 0 Å². The zero-order valence-corrected chi connectivity index (χ0v) is 73.3. The number of ether oxygens (including phenoxy) is 4. The summed E-state index contributed by atoms with van der Waals surface area (Å²) in [6.07, 6.45) is 67.9. The lowest BCUT2D eigenvalue weighted by molar-refractivity contribution is -0.161. The quantitative estimate of drug-likeness (QED) is 0.0222. The largest absolute Gasteiger partial charge is 0.472 e. The van der Waals surface area contributed by atoms with Crippen LogP contribution in [0.4, 0.5) is 0 Å². The lowest BCUT2D eigenvalue weighted by Crippen LogP contribution is -2.30. The Morgan fingerprint density at radius 2 is 0.444 bits per heavy atom. The Hall–Kier alpha value is -1.94. The van der Waals surface area contributed by atoms with Crippen LogP contribution in [0, 0.1) is 23.7 Å². The summed E-state index contributed by atoms with van der Waals surface area (Å²) in [6.45, 7) is 14.4. The van der Waals surface area contributed by atoms with E-state index in [1.807, 2.05) is 0 Å². The maximum absolute atomic E-state index is 13.2. The molecule has 0 aromatic heterocycles. The van der Waals surface area contributed by atoms with Gasteiger partial charge in [-0.2, -0.15) is 0 Å². The van der Waals surface area contributed by atoms with Crippen LogP contribution in [0.25, 0.3) is 0 Å². The fourth-order valence-electron chi connectivity index (χ4n) is 13.8. The van der Waals surface area contributed by atoms with Gasteiger partial charge in [0.1, 0.15) is 19.3 Å². The first-order valence-electron chi connectivity index (χ1n) is 45.8. The number of esters is 4. The van der Waals surface area contributed by atoms with Crippen LogP contribution in [0.5, 0.6) is 0 Å². The number of unbranched alkanes of at least 4 members (excludes halogenated alkanes) is 49. The zero-order chi connectivity index (χ0) is 79.5. The van der Waals surface area contributed by atoms with Gasteiger partial charge in [0.2, 0.25) is 0 Å². The minimum absolute atomic E-state index is 0.107. The molecular formula is C89H174O17P2. The molecule has 0 heterocycles. The smallest absolute Gasteiger partial charge is 0.462 e. The molecule has 5 unspecified atom stereocenters. The van der Waals surface area contributed by atoms with Crippen LogP contribution in [0.3, 0.4) is 0 Å². The van der Waals surface area contributed by atoms with Gasteiger partial charge in [0, 0.05) is 25.7 Å². The third-order valence-electron chi connectivity index (χ3n) is 21.9. The SMILES string of the molecule is CCC(C)CCCCCCCCCCCCCCCCCCCCC(=O)O[C@H](COC(=O)CCCCCCCCCCCCCCCCC(C)CC)COP(=O)(O)OC[C@@H](O)COP(=O)(O)OC[C@@H](COC(=O)CCCCCCCCCCC(C)CC)OC(=O)CCCCCCCCCCCCCCCC(C)C. The molecule has 0 fully saturated rings. The van der Waals surface area contributed by atoms with Crippen molar-refractivity contribution in [2.45, 2.75) is 485 Å². The Kier molecular flexibility index (Phi) is 76.2. The number of carbonyl (C=O) groups excluding carboxylic acids is 4. The van der Waals surface area contributed by atoms with E-state index >= 15 is 0 Å². The number of rotatable bonds is 86. The minimum Gasteiger partial charge on any atom is -0.462 e. The average Bonchev–Trinajstić information content (AvgIpc) is 0.899. The Labute approximate surface area is 664 Å². The van der Waals surface area contributed by atoms with E-state index in [2.05, 4.69) is 55.4 Å². The van der Waals surface area contributed by atoms with Crippen LogP contribution in [0.2, 0.25) is 0 Å². The number of aliphatic hydroxyl groups is 1. The third-order valence-corrected chi connectivity index (χ3v) is 23.8. The van der Waals surface area contributed by atoms with Gasteiger partial charge in [0.05, 0.1) is 26.4 Å². The summed E-state index contributed by atoms with van der Waals surface area (Å²) >= 11 is 0. The van der Waals surface area contributed by atoms with E-state index in [1.54, 1.807) is 0 Å². The summed E-state index contributed by atoms with van der Waals surface area (Å²) in [4.78, 5) is 73.4. The number of phosphoric ester groups is 2. The second kappa shape index (κ2) is 77.6.